The number of oxazole rings is 1. The molecule has 0 spiro atoms. The maximum absolute atomic E-state index is 13.1. The molecule has 1 saturated heterocycles. The maximum Gasteiger partial charge on any atom is 0.421 e. The van der Waals surface area contributed by atoms with Crippen molar-refractivity contribution in [1.82, 2.24) is 13.8 Å². The highest BCUT2D eigenvalue weighted by Gasteiger charge is 2.30. The number of nitrogens with zero attached hydrogens (tertiary/aromatic N) is 3. The lowest BCUT2D eigenvalue weighted by atomic mass is 10.2. The third kappa shape index (κ3) is 3.39. The van der Waals surface area contributed by atoms with Gasteiger partial charge in [-0.25, -0.2) is 13.2 Å². The fourth-order valence-electron chi connectivity index (χ4n) is 3.58. The number of sulfonamides is 1. The summed E-state index contributed by atoms with van der Waals surface area (Å²) in [7, 11) is -3.52. The van der Waals surface area contributed by atoms with E-state index in [0.29, 0.717) is 43.3 Å². The first kappa shape index (κ1) is 18.9. The quantitative estimate of drug-likeness (QED) is 0.670. The topological polar surface area (TPSA) is 75.8 Å². The fourth-order valence-corrected chi connectivity index (χ4v) is 5.32. The van der Waals surface area contributed by atoms with Gasteiger partial charge in [0.2, 0.25) is 10.0 Å². The zero-order valence-corrected chi connectivity index (χ0v) is 16.8. The molecule has 3 aromatic rings. The minimum absolute atomic E-state index is 0.373. The van der Waals surface area contributed by atoms with Gasteiger partial charge in [-0.1, -0.05) is 24.3 Å². The molecule has 8 heteroatoms. The lowest BCUT2D eigenvalue weighted by Gasteiger charge is -2.34. The molecule has 1 aliphatic rings. The molecule has 2 heterocycles. The number of hydrogen-bond donors (Lipinski definition) is 0. The van der Waals surface area contributed by atoms with Gasteiger partial charge in [0, 0.05) is 26.2 Å². The molecule has 148 valence electrons. The highest BCUT2D eigenvalue weighted by molar-refractivity contribution is 7.89. The molecule has 7 nitrogen and oxygen atoms in total. The maximum atomic E-state index is 13.1. The van der Waals surface area contributed by atoms with Crippen LogP contribution < -0.4 is 5.76 Å². The standard InChI is InChI=1S/C20H23N3O4S/c1-15-7-8-16(2)19(13-15)28(25,26)22-11-9-21(10-12-22)14-23-17-5-3-4-6-18(17)27-20(23)24/h3-8,13H,9-12,14H2,1-2H3. The molecule has 2 aromatic carbocycles. The summed E-state index contributed by atoms with van der Waals surface area (Å²) < 4.78 is 34.5. The van der Waals surface area contributed by atoms with Crippen molar-refractivity contribution in [3.8, 4) is 0 Å². The van der Waals surface area contributed by atoms with Crippen LogP contribution in [0.15, 0.2) is 56.6 Å². The Bertz CT molecular complexity index is 1170. The molecule has 1 aromatic heterocycles. The Morgan fingerprint density at radius 1 is 1.00 bits per heavy atom. The summed E-state index contributed by atoms with van der Waals surface area (Å²) in [5, 5.41) is 0. The third-order valence-electron chi connectivity index (χ3n) is 5.21. The average molecular weight is 401 g/mol. The number of aryl methyl sites for hydroxylation is 2. The van der Waals surface area contributed by atoms with Crippen molar-refractivity contribution in [2.45, 2.75) is 25.4 Å². The molecule has 0 amide bonds. The largest absolute Gasteiger partial charge is 0.421 e. The van der Waals surface area contributed by atoms with Crippen molar-refractivity contribution in [3.63, 3.8) is 0 Å². The van der Waals surface area contributed by atoms with E-state index in [0.717, 1.165) is 16.6 Å². The first-order chi connectivity index (χ1) is 13.4. The van der Waals surface area contributed by atoms with Gasteiger partial charge in [0.25, 0.3) is 0 Å². The van der Waals surface area contributed by atoms with Crippen molar-refractivity contribution in [3.05, 3.63) is 64.1 Å². The minimum atomic E-state index is -3.52. The van der Waals surface area contributed by atoms with E-state index in [1.807, 2.05) is 44.2 Å². The van der Waals surface area contributed by atoms with Gasteiger partial charge in [-0.3, -0.25) is 9.47 Å². The van der Waals surface area contributed by atoms with Crippen molar-refractivity contribution >= 4 is 21.1 Å². The molecular formula is C20H23N3O4S. The van der Waals surface area contributed by atoms with E-state index in [2.05, 4.69) is 4.90 Å². The van der Waals surface area contributed by atoms with Crippen molar-refractivity contribution in [2.24, 2.45) is 0 Å². The van der Waals surface area contributed by atoms with Crippen LogP contribution in [-0.4, -0.2) is 48.4 Å². The second-order valence-corrected chi connectivity index (χ2v) is 9.10. The number of piperazine rings is 1. The lowest BCUT2D eigenvalue weighted by Crippen LogP contribution is -2.49. The van der Waals surface area contributed by atoms with Crippen molar-refractivity contribution in [2.75, 3.05) is 26.2 Å². The van der Waals surface area contributed by atoms with Gasteiger partial charge >= 0.3 is 5.76 Å². The molecule has 0 atom stereocenters. The molecule has 0 N–H and O–H groups in total. The first-order valence-corrected chi connectivity index (χ1v) is 10.7. The van der Waals surface area contributed by atoms with Crippen molar-refractivity contribution in [1.29, 1.82) is 0 Å². The van der Waals surface area contributed by atoms with Crippen LogP contribution in [0.3, 0.4) is 0 Å². The Morgan fingerprint density at radius 2 is 1.71 bits per heavy atom. The SMILES string of the molecule is Cc1ccc(C)c(S(=O)(=O)N2CCN(Cn3c(=O)oc4ccccc43)CC2)c1. The monoisotopic (exact) mass is 401 g/mol. The van der Waals surface area contributed by atoms with Gasteiger partial charge in [-0.15, -0.1) is 0 Å². The highest BCUT2D eigenvalue weighted by Crippen LogP contribution is 2.22. The van der Waals surface area contributed by atoms with E-state index in [9.17, 15) is 13.2 Å². The number of para-hydroxylation sites is 2. The van der Waals surface area contributed by atoms with Crippen LogP contribution >= 0.6 is 0 Å². The Balaban J connectivity index is 1.49. The average Bonchev–Trinajstić information content (AvgIpc) is 2.99. The van der Waals surface area contributed by atoms with Gasteiger partial charge in [-0.05, 0) is 43.2 Å². The predicted molar refractivity (Wildman–Crippen MR) is 107 cm³/mol. The van der Waals surface area contributed by atoms with Gasteiger partial charge in [0.05, 0.1) is 17.1 Å². The molecule has 0 bridgehead atoms. The van der Waals surface area contributed by atoms with Gasteiger partial charge < -0.3 is 4.42 Å². The number of hydrogen-bond acceptors (Lipinski definition) is 5. The summed E-state index contributed by atoms with van der Waals surface area (Å²) in [6.07, 6.45) is 0. The first-order valence-electron chi connectivity index (χ1n) is 9.24. The minimum Gasteiger partial charge on any atom is -0.408 e. The summed E-state index contributed by atoms with van der Waals surface area (Å²) in [6, 6.07) is 12.8. The summed E-state index contributed by atoms with van der Waals surface area (Å²) in [5.74, 6) is -0.397. The van der Waals surface area contributed by atoms with E-state index in [-0.39, 0.29) is 0 Å². The molecule has 0 radical (unpaired) electrons. The van der Waals surface area contributed by atoms with Crippen LogP contribution in [0.4, 0.5) is 0 Å². The normalized spacial score (nSPS) is 16.6. The third-order valence-corrected chi connectivity index (χ3v) is 7.25. The fraction of sp³-hybridized carbons (Fsp3) is 0.350. The van der Waals surface area contributed by atoms with Crippen LogP contribution in [-0.2, 0) is 16.7 Å². The van der Waals surface area contributed by atoms with E-state index in [4.69, 9.17) is 4.42 Å². The summed E-state index contributed by atoms with van der Waals surface area (Å²) in [4.78, 5) is 14.6. The predicted octanol–water partition coefficient (Wildman–Crippen LogP) is 2.18. The molecule has 0 unspecified atom stereocenters. The zero-order valence-electron chi connectivity index (χ0n) is 16.0. The number of benzene rings is 2. The van der Waals surface area contributed by atoms with Crippen molar-refractivity contribution < 1.29 is 12.8 Å². The Morgan fingerprint density at radius 3 is 2.46 bits per heavy atom. The van der Waals surface area contributed by atoms with Crippen LogP contribution in [0.1, 0.15) is 11.1 Å². The summed E-state index contributed by atoms with van der Waals surface area (Å²) in [5.41, 5.74) is 2.99. The summed E-state index contributed by atoms with van der Waals surface area (Å²) in [6.45, 7) is 5.97. The van der Waals surface area contributed by atoms with E-state index >= 15 is 0 Å². The highest BCUT2D eigenvalue weighted by atomic mass is 32.2. The van der Waals surface area contributed by atoms with Crippen LogP contribution in [0.5, 0.6) is 0 Å². The van der Waals surface area contributed by atoms with Crippen LogP contribution in [0.25, 0.3) is 11.1 Å². The second kappa shape index (κ2) is 7.20. The second-order valence-electron chi connectivity index (χ2n) is 7.20. The number of aromatic nitrogens is 1. The van der Waals surface area contributed by atoms with Crippen LogP contribution in [0, 0.1) is 13.8 Å². The molecular weight excluding hydrogens is 378 g/mol. The smallest absolute Gasteiger partial charge is 0.408 e. The van der Waals surface area contributed by atoms with Gasteiger partial charge in [-0.2, -0.15) is 4.31 Å². The Labute approximate surface area is 163 Å². The molecule has 0 aliphatic carbocycles. The molecule has 0 saturated carbocycles. The van der Waals surface area contributed by atoms with Crippen LogP contribution in [0.2, 0.25) is 0 Å². The molecule has 1 fully saturated rings. The van der Waals surface area contributed by atoms with E-state index in [1.165, 1.54) is 4.31 Å². The summed E-state index contributed by atoms with van der Waals surface area (Å²) >= 11 is 0. The number of rotatable bonds is 4. The van der Waals surface area contributed by atoms with Gasteiger partial charge in [0.1, 0.15) is 0 Å². The van der Waals surface area contributed by atoms with E-state index in [1.54, 1.807) is 16.7 Å². The molecule has 28 heavy (non-hydrogen) atoms. The molecule has 1 aliphatic heterocycles. The van der Waals surface area contributed by atoms with E-state index < -0.39 is 15.8 Å². The zero-order chi connectivity index (χ0) is 19.9. The Hall–Kier alpha value is -2.42. The lowest BCUT2D eigenvalue weighted by molar-refractivity contribution is 0.150. The Kier molecular flexibility index (Phi) is 4.86. The molecule has 4 rings (SSSR count). The number of fused-ring (bicyclic) bond motifs is 1. The van der Waals surface area contributed by atoms with Gasteiger partial charge in [0.15, 0.2) is 5.58 Å².